The highest BCUT2D eigenvalue weighted by molar-refractivity contribution is 7.99. The minimum absolute atomic E-state index is 0.222. The van der Waals surface area contributed by atoms with Crippen LogP contribution in [-0.4, -0.2) is 29.2 Å². The van der Waals surface area contributed by atoms with Gasteiger partial charge in [-0.15, -0.1) is 0 Å². The molecule has 100 valence electrons. The van der Waals surface area contributed by atoms with Crippen molar-refractivity contribution in [1.29, 1.82) is 0 Å². The van der Waals surface area contributed by atoms with Gasteiger partial charge in [-0.3, -0.25) is 0 Å². The first-order valence-corrected chi connectivity index (χ1v) is 7.34. The smallest absolute Gasteiger partial charge is 0.339 e. The van der Waals surface area contributed by atoms with Gasteiger partial charge in [0.15, 0.2) is 0 Å². The number of carbonyl (C=O) groups is 1. The van der Waals surface area contributed by atoms with E-state index in [1.54, 1.807) is 23.9 Å². The van der Waals surface area contributed by atoms with Crippen LogP contribution in [0, 0.1) is 0 Å². The summed E-state index contributed by atoms with van der Waals surface area (Å²) in [5.41, 5.74) is 0.222. The molecule has 3 nitrogen and oxygen atoms in total. The summed E-state index contributed by atoms with van der Waals surface area (Å²) in [7, 11) is 0. The van der Waals surface area contributed by atoms with Crippen LogP contribution in [0.15, 0.2) is 36.4 Å². The molecule has 0 aliphatic rings. The number of benzene rings is 2. The van der Waals surface area contributed by atoms with E-state index in [0.29, 0.717) is 12.4 Å². The second-order valence-electron chi connectivity index (χ2n) is 4.05. The van der Waals surface area contributed by atoms with Crippen LogP contribution in [0.25, 0.3) is 10.8 Å². The fourth-order valence-electron chi connectivity index (χ4n) is 1.86. The van der Waals surface area contributed by atoms with Gasteiger partial charge in [-0.2, -0.15) is 11.8 Å². The van der Waals surface area contributed by atoms with Gasteiger partial charge in [-0.1, -0.05) is 31.2 Å². The average molecular weight is 276 g/mol. The molecule has 0 saturated heterocycles. The summed E-state index contributed by atoms with van der Waals surface area (Å²) in [6.07, 6.45) is 0. The Morgan fingerprint density at radius 1 is 1.26 bits per heavy atom. The molecule has 0 fully saturated rings. The van der Waals surface area contributed by atoms with Crippen molar-refractivity contribution in [2.45, 2.75) is 6.92 Å². The first kappa shape index (κ1) is 13.7. The number of carboxylic acid groups (broad SMARTS) is 1. The van der Waals surface area contributed by atoms with Crippen LogP contribution in [0.3, 0.4) is 0 Å². The SMILES string of the molecule is CCSCCOc1cc2ccccc2cc1C(=O)O. The van der Waals surface area contributed by atoms with Crippen LogP contribution in [0.5, 0.6) is 5.75 Å². The lowest BCUT2D eigenvalue weighted by molar-refractivity contribution is 0.0693. The number of thioether (sulfide) groups is 1. The molecule has 0 aliphatic carbocycles. The van der Waals surface area contributed by atoms with Gasteiger partial charge in [-0.05, 0) is 28.7 Å². The zero-order valence-electron chi connectivity index (χ0n) is 10.8. The van der Waals surface area contributed by atoms with Gasteiger partial charge < -0.3 is 9.84 Å². The van der Waals surface area contributed by atoms with Crippen molar-refractivity contribution in [3.63, 3.8) is 0 Å². The second kappa shape index (κ2) is 6.48. The van der Waals surface area contributed by atoms with E-state index in [0.717, 1.165) is 22.3 Å². The Morgan fingerprint density at radius 2 is 1.95 bits per heavy atom. The fraction of sp³-hybridized carbons (Fsp3) is 0.267. The van der Waals surface area contributed by atoms with Crippen molar-refractivity contribution in [2.24, 2.45) is 0 Å². The maximum absolute atomic E-state index is 11.3. The van der Waals surface area contributed by atoms with Crippen molar-refractivity contribution < 1.29 is 14.6 Å². The zero-order chi connectivity index (χ0) is 13.7. The second-order valence-corrected chi connectivity index (χ2v) is 5.44. The Labute approximate surface area is 116 Å². The van der Waals surface area contributed by atoms with E-state index in [1.165, 1.54) is 0 Å². The van der Waals surface area contributed by atoms with Gasteiger partial charge in [0.1, 0.15) is 11.3 Å². The predicted molar refractivity (Wildman–Crippen MR) is 79.4 cm³/mol. The molecule has 0 spiro atoms. The molecule has 0 bridgehead atoms. The third-order valence-electron chi connectivity index (χ3n) is 2.77. The molecule has 19 heavy (non-hydrogen) atoms. The van der Waals surface area contributed by atoms with Crippen molar-refractivity contribution >= 4 is 28.5 Å². The third-order valence-corrected chi connectivity index (χ3v) is 3.63. The minimum Gasteiger partial charge on any atom is -0.492 e. The summed E-state index contributed by atoms with van der Waals surface area (Å²) in [5.74, 6) is 1.39. The number of ether oxygens (including phenoxy) is 1. The largest absolute Gasteiger partial charge is 0.492 e. The van der Waals surface area contributed by atoms with Crippen LogP contribution >= 0.6 is 11.8 Å². The minimum atomic E-state index is -0.955. The van der Waals surface area contributed by atoms with Gasteiger partial charge >= 0.3 is 5.97 Å². The Balaban J connectivity index is 2.28. The van der Waals surface area contributed by atoms with E-state index >= 15 is 0 Å². The fourth-order valence-corrected chi connectivity index (χ4v) is 2.35. The van der Waals surface area contributed by atoms with Crippen LogP contribution in [-0.2, 0) is 0 Å². The maximum atomic E-state index is 11.3. The molecule has 4 heteroatoms. The number of aromatic carboxylic acids is 1. The standard InChI is InChI=1S/C15H16O3S/c1-2-19-8-7-18-14-10-12-6-4-3-5-11(12)9-13(14)15(16)17/h3-6,9-10H,2,7-8H2,1H3,(H,16,17). The molecule has 2 aromatic carbocycles. The molecule has 2 aromatic rings. The molecule has 0 amide bonds. The van der Waals surface area contributed by atoms with Crippen LogP contribution < -0.4 is 4.74 Å². The summed E-state index contributed by atoms with van der Waals surface area (Å²) in [6.45, 7) is 2.61. The molecular weight excluding hydrogens is 260 g/mol. The Kier molecular flexibility index (Phi) is 4.68. The topological polar surface area (TPSA) is 46.5 Å². The molecule has 0 radical (unpaired) electrons. The van der Waals surface area contributed by atoms with Crippen LogP contribution in [0.4, 0.5) is 0 Å². The molecule has 0 saturated carbocycles. The van der Waals surface area contributed by atoms with E-state index < -0.39 is 5.97 Å². The third kappa shape index (κ3) is 3.41. The molecule has 1 N–H and O–H groups in total. The number of hydrogen-bond acceptors (Lipinski definition) is 3. The predicted octanol–water partition coefficient (Wildman–Crippen LogP) is 3.67. The summed E-state index contributed by atoms with van der Waals surface area (Å²) >= 11 is 1.77. The molecular formula is C15H16O3S. The van der Waals surface area contributed by atoms with Gasteiger partial charge in [0.2, 0.25) is 0 Å². The number of rotatable bonds is 6. The quantitative estimate of drug-likeness (QED) is 0.818. The molecule has 0 atom stereocenters. The summed E-state index contributed by atoms with van der Waals surface area (Å²) < 4.78 is 5.61. The number of hydrogen-bond donors (Lipinski definition) is 1. The monoisotopic (exact) mass is 276 g/mol. The van der Waals surface area contributed by atoms with Crippen LogP contribution in [0.1, 0.15) is 17.3 Å². The average Bonchev–Trinajstić information content (AvgIpc) is 2.42. The van der Waals surface area contributed by atoms with Gasteiger partial charge in [0.05, 0.1) is 6.61 Å². The molecule has 0 aromatic heterocycles. The van der Waals surface area contributed by atoms with E-state index in [1.807, 2.05) is 24.3 Å². The van der Waals surface area contributed by atoms with E-state index in [2.05, 4.69) is 6.92 Å². The van der Waals surface area contributed by atoms with E-state index in [-0.39, 0.29) is 5.56 Å². The Hall–Kier alpha value is -1.68. The first-order valence-electron chi connectivity index (χ1n) is 6.19. The molecule has 0 aliphatic heterocycles. The number of fused-ring (bicyclic) bond motifs is 1. The van der Waals surface area contributed by atoms with E-state index in [4.69, 9.17) is 4.74 Å². The lowest BCUT2D eigenvalue weighted by Crippen LogP contribution is -2.06. The van der Waals surface area contributed by atoms with Crippen molar-refractivity contribution in [3.05, 3.63) is 42.0 Å². The van der Waals surface area contributed by atoms with Gasteiger partial charge in [-0.25, -0.2) is 4.79 Å². The highest BCUT2D eigenvalue weighted by Crippen LogP contribution is 2.26. The van der Waals surface area contributed by atoms with Crippen molar-refractivity contribution in [1.82, 2.24) is 0 Å². The zero-order valence-corrected chi connectivity index (χ0v) is 11.6. The maximum Gasteiger partial charge on any atom is 0.339 e. The van der Waals surface area contributed by atoms with Gasteiger partial charge in [0.25, 0.3) is 0 Å². The van der Waals surface area contributed by atoms with Gasteiger partial charge in [0, 0.05) is 5.75 Å². The lowest BCUT2D eigenvalue weighted by atomic mass is 10.1. The summed E-state index contributed by atoms with van der Waals surface area (Å²) in [6, 6.07) is 11.1. The van der Waals surface area contributed by atoms with Crippen molar-refractivity contribution in [2.75, 3.05) is 18.1 Å². The summed E-state index contributed by atoms with van der Waals surface area (Å²) in [5, 5.41) is 11.1. The van der Waals surface area contributed by atoms with E-state index in [9.17, 15) is 9.90 Å². The summed E-state index contributed by atoms with van der Waals surface area (Å²) in [4.78, 5) is 11.3. The van der Waals surface area contributed by atoms with Crippen LogP contribution in [0.2, 0.25) is 0 Å². The Bertz CT molecular complexity index is 581. The normalized spacial score (nSPS) is 10.6. The van der Waals surface area contributed by atoms with Crippen molar-refractivity contribution in [3.8, 4) is 5.75 Å². The molecule has 0 unspecified atom stereocenters. The Morgan fingerprint density at radius 3 is 2.58 bits per heavy atom. The first-order chi connectivity index (χ1) is 9.22. The molecule has 2 rings (SSSR count). The molecule has 0 heterocycles. The highest BCUT2D eigenvalue weighted by atomic mass is 32.2. The highest BCUT2D eigenvalue weighted by Gasteiger charge is 2.12. The number of carboxylic acids is 1. The lowest BCUT2D eigenvalue weighted by Gasteiger charge is -2.10.